The maximum Gasteiger partial charge on any atom is 0.490 e. The van der Waals surface area contributed by atoms with Crippen molar-refractivity contribution in [2.75, 3.05) is 19.6 Å². The molecule has 5 nitrogen and oxygen atoms in total. The van der Waals surface area contributed by atoms with Crippen LogP contribution >= 0.6 is 23.2 Å². The van der Waals surface area contributed by atoms with E-state index >= 15 is 0 Å². The lowest BCUT2D eigenvalue weighted by molar-refractivity contribution is -0.192. The van der Waals surface area contributed by atoms with Crippen molar-refractivity contribution in [2.24, 2.45) is 5.92 Å². The second-order valence-corrected chi connectivity index (χ2v) is 7.55. The summed E-state index contributed by atoms with van der Waals surface area (Å²) in [6.45, 7) is 2.87. The standard InChI is InChI=1S/C16H20Cl2N2O.C2HF3O2/c17-14-5-4-12(15(18)11-14)10-13-6-9-20(16(13)21)19-7-2-1-3-8-19;3-2(4,5)1(6)7/h4-5,11,13H,1-3,6-10H2;(H,6,7). The number of carboxylic acids is 1. The number of carboxylic acid groups (broad SMARTS) is 1. The summed E-state index contributed by atoms with van der Waals surface area (Å²) in [4.78, 5) is 21.5. The van der Waals surface area contributed by atoms with E-state index < -0.39 is 12.1 Å². The van der Waals surface area contributed by atoms with Gasteiger partial charge >= 0.3 is 12.1 Å². The molecule has 2 aliphatic heterocycles. The summed E-state index contributed by atoms with van der Waals surface area (Å²) < 4.78 is 31.7. The van der Waals surface area contributed by atoms with Crippen LogP contribution in [-0.2, 0) is 16.0 Å². The molecule has 1 amide bonds. The smallest absolute Gasteiger partial charge is 0.475 e. The van der Waals surface area contributed by atoms with Gasteiger partial charge in [-0.3, -0.25) is 9.80 Å². The third kappa shape index (κ3) is 6.25. The zero-order valence-corrected chi connectivity index (χ0v) is 16.5. The normalized spacial score (nSPS) is 20.7. The molecule has 1 unspecified atom stereocenters. The highest BCUT2D eigenvalue weighted by Gasteiger charge is 2.38. The molecule has 0 radical (unpaired) electrons. The number of amides is 1. The Morgan fingerprint density at radius 1 is 1.14 bits per heavy atom. The molecule has 156 valence electrons. The molecular weight excluding hydrogens is 420 g/mol. The molecule has 2 fully saturated rings. The fourth-order valence-corrected chi connectivity index (χ4v) is 3.75. The van der Waals surface area contributed by atoms with Crippen molar-refractivity contribution in [1.29, 1.82) is 0 Å². The Hall–Kier alpha value is -1.51. The van der Waals surface area contributed by atoms with E-state index in [-0.39, 0.29) is 11.8 Å². The predicted molar refractivity (Wildman–Crippen MR) is 99.1 cm³/mol. The van der Waals surface area contributed by atoms with Crippen LogP contribution in [0.3, 0.4) is 0 Å². The number of hydrogen-bond acceptors (Lipinski definition) is 3. The van der Waals surface area contributed by atoms with Gasteiger partial charge in [-0.15, -0.1) is 0 Å². The number of benzene rings is 1. The Morgan fingerprint density at radius 3 is 2.29 bits per heavy atom. The van der Waals surface area contributed by atoms with Crippen LogP contribution in [0.4, 0.5) is 13.2 Å². The lowest BCUT2D eigenvalue weighted by Crippen LogP contribution is -2.47. The number of nitrogens with zero attached hydrogens (tertiary/aromatic N) is 2. The van der Waals surface area contributed by atoms with Crippen molar-refractivity contribution < 1.29 is 27.9 Å². The van der Waals surface area contributed by atoms with E-state index in [2.05, 4.69) is 5.01 Å². The molecule has 2 aliphatic rings. The van der Waals surface area contributed by atoms with Crippen LogP contribution in [0.2, 0.25) is 10.0 Å². The Morgan fingerprint density at radius 2 is 1.75 bits per heavy atom. The zero-order chi connectivity index (χ0) is 20.9. The predicted octanol–water partition coefficient (Wildman–Crippen LogP) is 4.42. The van der Waals surface area contributed by atoms with Crippen molar-refractivity contribution in [3.8, 4) is 0 Å². The van der Waals surface area contributed by atoms with Gasteiger partial charge in [0.25, 0.3) is 0 Å². The first kappa shape index (κ1) is 22.8. The summed E-state index contributed by atoms with van der Waals surface area (Å²) in [6.07, 6.45) is 0.199. The van der Waals surface area contributed by atoms with E-state index in [1.54, 1.807) is 6.07 Å². The molecule has 2 saturated heterocycles. The van der Waals surface area contributed by atoms with Crippen LogP contribution in [0.1, 0.15) is 31.2 Å². The number of piperidine rings is 1. The maximum atomic E-state index is 12.6. The molecular formula is C18H21Cl2F3N2O3. The number of rotatable bonds is 3. The molecule has 0 bridgehead atoms. The first-order valence-corrected chi connectivity index (χ1v) is 9.65. The fraction of sp³-hybridized carbons (Fsp3) is 0.556. The molecule has 1 aromatic rings. The summed E-state index contributed by atoms with van der Waals surface area (Å²) in [7, 11) is 0. The second-order valence-electron chi connectivity index (χ2n) is 6.70. The molecule has 0 aromatic heterocycles. The SMILES string of the molecule is O=C(O)C(F)(F)F.O=C1C(Cc2ccc(Cl)cc2Cl)CCN1N1CCCCC1. The molecule has 1 aromatic carbocycles. The minimum absolute atomic E-state index is 0.0469. The van der Waals surface area contributed by atoms with E-state index in [1.165, 1.54) is 19.3 Å². The fourth-order valence-electron chi connectivity index (χ4n) is 3.26. The highest BCUT2D eigenvalue weighted by atomic mass is 35.5. The van der Waals surface area contributed by atoms with E-state index in [4.69, 9.17) is 33.1 Å². The van der Waals surface area contributed by atoms with Gasteiger partial charge in [0.2, 0.25) is 5.91 Å². The Kier molecular flexibility index (Phi) is 7.97. The van der Waals surface area contributed by atoms with Gasteiger partial charge in [-0.2, -0.15) is 13.2 Å². The average Bonchev–Trinajstić information content (AvgIpc) is 2.98. The molecule has 28 heavy (non-hydrogen) atoms. The molecule has 2 heterocycles. The third-order valence-electron chi connectivity index (χ3n) is 4.69. The zero-order valence-electron chi connectivity index (χ0n) is 15.0. The Labute approximate surface area is 171 Å². The summed E-state index contributed by atoms with van der Waals surface area (Å²) in [6, 6.07) is 5.52. The van der Waals surface area contributed by atoms with Gasteiger partial charge in [-0.25, -0.2) is 9.80 Å². The first-order chi connectivity index (χ1) is 13.1. The van der Waals surface area contributed by atoms with E-state index in [0.29, 0.717) is 16.5 Å². The summed E-state index contributed by atoms with van der Waals surface area (Å²) >= 11 is 12.1. The number of halogens is 5. The van der Waals surface area contributed by atoms with E-state index in [0.717, 1.165) is 31.6 Å². The van der Waals surface area contributed by atoms with Crippen LogP contribution in [0.25, 0.3) is 0 Å². The van der Waals surface area contributed by atoms with Crippen molar-refractivity contribution in [3.05, 3.63) is 33.8 Å². The van der Waals surface area contributed by atoms with E-state index in [1.807, 2.05) is 17.1 Å². The van der Waals surface area contributed by atoms with Crippen molar-refractivity contribution in [3.63, 3.8) is 0 Å². The minimum Gasteiger partial charge on any atom is -0.475 e. The molecule has 0 saturated carbocycles. The number of aliphatic carboxylic acids is 1. The van der Waals surface area contributed by atoms with Gasteiger partial charge in [0, 0.05) is 35.6 Å². The van der Waals surface area contributed by atoms with Crippen molar-refractivity contribution >= 4 is 35.1 Å². The Balaban J connectivity index is 0.000000345. The number of alkyl halides is 3. The monoisotopic (exact) mass is 440 g/mol. The second kappa shape index (κ2) is 9.80. The highest BCUT2D eigenvalue weighted by Crippen LogP contribution is 2.29. The van der Waals surface area contributed by atoms with Gasteiger partial charge in [0.1, 0.15) is 0 Å². The number of carbonyl (C=O) groups excluding carboxylic acids is 1. The van der Waals surface area contributed by atoms with Gasteiger partial charge in [0.05, 0.1) is 0 Å². The topological polar surface area (TPSA) is 60.9 Å². The van der Waals surface area contributed by atoms with Crippen LogP contribution in [0.15, 0.2) is 18.2 Å². The third-order valence-corrected chi connectivity index (χ3v) is 5.28. The number of hydrogen-bond donors (Lipinski definition) is 1. The highest BCUT2D eigenvalue weighted by molar-refractivity contribution is 6.35. The number of hydrazine groups is 1. The van der Waals surface area contributed by atoms with Crippen LogP contribution < -0.4 is 0 Å². The minimum atomic E-state index is -5.08. The number of carbonyl (C=O) groups is 2. The lowest BCUT2D eigenvalue weighted by Gasteiger charge is -2.34. The van der Waals surface area contributed by atoms with Gasteiger partial charge in [0.15, 0.2) is 0 Å². The van der Waals surface area contributed by atoms with Crippen LogP contribution in [-0.4, -0.2) is 52.8 Å². The average molecular weight is 441 g/mol. The van der Waals surface area contributed by atoms with Gasteiger partial charge in [-0.1, -0.05) is 35.7 Å². The first-order valence-electron chi connectivity index (χ1n) is 8.90. The Bertz CT molecular complexity index is 710. The van der Waals surface area contributed by atoms with Gasteiger partial charge < -0.3 is 5.11 Å². The quantitative estimate of drug-likeness (QED) is 0.755. The lowest BCUT2D eigenvalue weighted by atomic mass is 9.98. The maximum absolute atomic E-state index is 12.6. The summed E-state index contributed by atoms with van der Waals surface area (Å²) in [5, 5.41) is 12.6. The molecule has 0 aliphatic carbocycles. The molecule has 1 atom stereocenters. The summed E-state index contributed by atoms with van der Waals surface area (Å²) in [5.41, 5.74) is 1.01. The molecule has 1 N–H and O–H groups in total. The van der Waals surface area contributed by atoms with Crippen LogP contribution in [0.5, 0.6) is 0 Å². The molecule has 3 rings (SSSR count). The summed E-state index contributed by atoms with van der Waals surface area (Å²) in [5.74, 6) is -2.46. The van der Waals surface area contributed by atoms with E-state index in [9.17, 15) is 18.0 Å². The van der Waals surface area contributed by atoms with Crippen molar-refractivity contribution in [2.45, 2.75) is 38.3 Å². The molecule has 10 heteroatoms. The van der Waals surface area contributed by atoms with Crippen molar-refractivity contribution in [1.82, 2.24) is 10.0 Å². The van der Waals surface area contributed by atoms with Gasteiger partial charge in [-0.05, 0) is 43.4 Å². The van der Waals surface area contributed by atoms with Crippen LogP contribution in [0, 0.1) is 5.92 Å². The largest absolute Gasteiger partial charge is 0.490 e. The molecule has 0 spiro atoms.